The summed E-state index contributed by atoms with van der Waals surface area (Å²) in [6.07, 6.45) is 0. The van der Waals surface area contributed by atoms with Crippen molar-refractivity contribution in [1.82, 2.24) is 10.4 Å². The highest BCUT2D eigenvalue weighted by atomic mass is 35.5. The highest BCUT2D eigenvalue weighted by Crippen LogP contribution is 2.30. The second-order valence-corrected chi connectivity index (χ2v) is 6.19. The third-order valence-electron chi connectivity index (χ3n) is 3.22. The first-order valence-corrected chi connectivity index (χ1v) is 8.07. The second-order valence-electron chi connectivity index (χ2n) is 4.75. The highest BCUT2D eigenvalue weighted by Gasteiger charge is 2.10. The molecule has 2 aromatic carbocycles. The van der Waals surface area contributed by atoms with E-state index in [1.54, 1.807) is 18.2 Å². The molecule has 3 aromatic rings. The maximum Gasteiger partial charge on any atom is 0.337 e. The number of anilines is 1. The molecule has 24 heavy (non-hydrogen) atoms. The van der Waals surface area contributed by atoms with Crippen molar-refractivity contribution < 1.29 is 14.3 Å². The molecule has 0 aliphatic rings. The number of fused-ring (bicyclic) bond motifs is 1. The number of hydrogen-bond acceptors (Lipinski definition) is 6. The quantitative estimate of drug-likeness (QED) is 0.549. The fourth-order valence-electron chi connectivity index (χ4n) is 2.03. The molecule has 0 atom stereocenters. The van der Waals surface area contributed by atoms with Gasteiger partial charge in [-0.05, 0) is 36.4 Å². The number of halogens is 1. The van der Waals surface area contributed by atoms with Gasteiger partial charge in [0.05, 0.1) is 22.4 Å². The van der Waals surface area contributed by atoms with Crippen molar-refractivity contribution in [3.8, 4) is 0 Å². The van der Waals surface area contributed by atoms with Gasteiger partial charge in [0, 0.05) is 5.56 Å². The summed E-state index contributed by atoms with van der Waals surface area (Å²) < 4.78 is 5.53. The lowest BCUT2D eigenvalue weighted by molar-refractivity contribution is 0.0600. The Bertz CT molecular complexity index is 909. The van der Waals surface area contributed by atoms with Gasteiger partial charge in [0.2, 0.25) is 5.13 Å². The number of ether oxygens (including phenoxy) is 1. The van der Waals surface area contributed by atoms with Crippen molar-refractivity contribution in [3.63, 3.8) is 0 Å². The minimum atomic E-state index is -0.452. The summed E-state index contributed by atoms with van der Waals surface area (Å²) in [5.74, 6) is -0.803. The predicted octanol–water partition coefficient (Wildman–Crippen LogP) is 3.49. The molecule has 122 valence electrons. The molecule has 2 N–H and O–H groups in total. The number of para-hydroxylation sites is 1. The van der Waals surface area contributed by atoms with Gasteiger partial charge < -0.3 is 4.74 Å². The van der Waals surface area contributed by atoms with E-state index in [0.717, 1.165) is 4.70 Å². The number of thiazole rings is 1. The Balaban J connectivity index is 1.68. The smallest absolute Gasteiger partial charge is 0.337 e. The number of amides is 1. The number of carbonyl (C=O) groups excluding carboxylic acids is 2. The molecule has 0 saturated carbocycles. The molecule has 8 heteroatoms. The van der Waals surface area contributed by atoms with E-state index in [1.807, 2.05) is 12.1 Å². The zero-order chi connectivity index (χ0) is 17.1. The summed E-state index contributed by atoms with van der Waals surface area (Å²) in [5, 5.41) is 1.08. The Labute approximate surface area is 146 Å². The number of hydrazine groups is 1. The topological polar surface area (TPSA) is 80.3 Å². The molecule has 0 radical (unpaired) electrons. The van der Waals surface area contributed by atoms with Crippen molar-refractivity contribution in [1.29, 1.82) is 0 Å². The van der Waals surface area contributed by atoms with Crippen molar-refractivity contribution in [2.24, 2.45) is 0 Å². The summed E-state index contributed by atoms with van der Waals surface area (Å²) in [4.78, 5) is 27.8. The average molecular weight is 362 g/mol. The van der Waals surface area contributed by atoms with Gasteiger partial charge in [0.15, 0.2) is 0 Å². The summed E-state index contributed by atoms with van der Waals surface area (Å²) in [7, 11) is 1.30. The lowest BCUT2D eigenvalue weighted by Gasteiger charge is -2.06. The van der Waals surface area contributed by atoms with Crippen molar-refractivity contribution in [3.05, 3.63) is 58.6 Å². The Morgan fingerprint density at radius 2 is 1.83 bits per heavy atom. The van der Waals surface area contributed by atoms with Gasteiger partial charge >= 0.3 is 5.97 Å². The fourth-order valence-corrected chi connectivity index (χ4v) is 3.15. The summed E-state index contributed by atoms with van der Waals surface area (Å²) in [6, 6.07) is 11.6. The summed E-state index contributed by atoms with van der Waals surface area (Å²) in [5.41, 5.74) is 6.78. The molecular formula is C16H12ClN3O3S. The number of nitrogens with one attached hydrogen (secondary N) is 2. The number of aromatic nitrogens is 1. The van der Waals surface area contributed by atoms with E-state index in [1.165, 1.54) is 30.6 Å². The Hall–Kier alpha value is -2.64. The average Bonchev–Trinajstić information content (AvgIpc) is 3.03. The van der Waals surface area contributed by atoms with Crippen LogP contribution in [-0.4, -0.2) is 24.0 Å². The Morgan fingerprint density at radius 3 is 2.50 bits per heavy atom. The molecule has 0 fully saturated rings. The van der Waals surface area contributed by atoms with Crippen LogP contribution in [0.3, 0.4) is 0 Å². The lowest BCUT2D eigenvalue weighted by atomic mass is 10.1. The van der Waals surface area contributed by atoms with E-state index in [2.05, 4.69) is 20.6 Å². The van der Waals surface area contributed by atoms with Gasteiger partial charge in [-0.25, -0.2) is 9.78 Å². The lowest BCUT2D eigenvalue weighted by Crippen LogP contribution is -2.29. The second kappa shape index (κ2) is 6.86. The van der Waals surface area contributed by atoms with E-state index < -0.39 is 5.97 Å². The summed E-state index contributed by atoms with van der Waals surface area (Å²) >= 11 is 7.45. The van der Waals surface area contributed by atoms with Gasteiger partial charge in [0.25, 0.3) is 5.91 Å². The number of benzene rings is 2. The third-order valence-corrected chi connectivity index (χ3v) is 4.46. The van der Waals surface area contributed by atoms with Crippen molar-refractivity contribution >= 4 is 50.2 Å². The minimum absolute atomic E-state index is 0.350. The van der Waals surface area contributed by atoms with E-state index in [0.29, 0.717) is 26.8 Å². The van der Waals surface area contributed by atoms with Gasteiger partial charge in [-0.2, -0.15) is 0 Å². The van der Waals surface area contributed by atoms with Crippen LogP contribution in [0.2, 0.25) is 5.02 Å². The molecule has 0 saturated heterocycles. The number of hydrogen-bond donors (Lipinski definition) is 2. The predicted molar refractivity (Wildman–Crippen MR) is 93.5 cm³/mol. The van der Waals surface area contributed by atoms with Crippen LogP contribution in [0.25, 0.3) is 10.2 Å². The SMILES string of the molecule is COC(=O)c1ccc(C(=O)NNc2nc3c(Cl)cccc3s2)cc1. The first kappa shape index (κ1) is 16.2. The van der Waals surface area contributed by atoms with Gasteiger partial charge in [-0.15, -0.1) is 0 Å². The minimum Gasteiger partial charge on any atom is -0.465 e. The molecule has 3 rings (SSSR count). The first-order valence-electron chi connectivity index (χ1n) is 6.88. The van der Waals surface area contributed by atoms with Crippen LogP contribution in [0.15, 0.2) is 42.5 Å². The molecule has 1 aromatic heterocycles. The molecule has 0 aliphatic heterocycles. The first-order chi connectivity index (χ1) is 11.6. The fraction of sp³-hybridized carbons (Fsp3) is 0.0625. The molecular weight excluding hydrogens is 350 g/mol. The zero-order valence-electron chi connectivity index (χ0n) is 12.5. The van der Waals surface area contributed by atoms with Crippen LogP contribution in [-0.2, 0) is 4.74 Å². The molecule has 1 heterocycles. The Kier molecular flexibility index (Phi) is 4.64. The molecule has 0 aliphatic carbocycles. The summed E-state index contributed by atoms with van der Waals surface area (Å²) in [6.45, 7) is 0. The van der Waals surface area contributed by atoms with Crippen LogP contribution >= 0.6 is 22.9 Å². The standard InChI is InChI=1S/C16H12ClN3O3S/c1-23-15(22)10-7-5-9(6-8-10)14(21)19-20-16-18-13-11(17)3-2-4-12(13)24-16/h2-8H,1H3,(H,18,20)(H,19,21). The van der Waals surface area contributed by atoms with Crippen molar-refractivity contribution in [2.45, 2.75) is 0 Å². The van der Waals surface area contributed by atoms with Gasteiger partial charge in [0.1, 0.15) is 5.52 Å². The van der Waals surface area contributed by atoms with E-state index in [-0.39, 0.29) is 5.91 Å². The Morgan fingerprint density at radius 1 is 1.12 bits per heavy atom. The van der Waals surface area contributed by atoms with Gasteiger partial charge in [-0.3, -0.25) is 15.6 Å². The highest BCUT2D eigenvalue weighted by molar-refractivity contribution is 7.22. The van der Waals surface area contributed by atoms with Gasteiger partial charge in [-0.1, -0.05) is 29.0 Å². The number of rotatable bonds is 4. The van der Waals surface area contributed by atoms with Crippen LogP contribution < -0.4 is 10.9 Å². The van der Waals surface area contributed by atoms with Crippen LogP contribution in [0.1, 0.15) is 20.7 Å². The van der Waals surface area contributed by atoms with E-state index >= 15 is 0 Å². The molecule has 1 amide bonds. The van der Waals surface area contributed by atoms with Crippen LogP contribution in [0, 0.1) is 0 Å². The molecule has 6 nitrogen and oxygen atoms in total. The molecule has 0 unspecified atom stereocenters. The molecule has 0 spiro atoms. The maximum atomic E-state index is 12.1. The van der Waals surface area contributed by atoms with Crippen LogP contribution in [0.5, 0.6) is 0 Å². The maximum absolute atomic E-state index is 12.1. The number of carbonyl (C=O) groups is 2. The largest absolute Gasteiger partial charge is 0.465 e. The molecule has 0 bridgehead atoms. The number of methoxy groups -OCH3 is 1. The van der Waals surface area contributed by atoms with E-state index in [4.69, 9.17) is 11.6 Å². The van der Waals surface area contributed by atoms with Crippen LogP contribution in [0.4, 0.5) is 5.13 Å². The number of esters is 1. The monoisotopic (exact) mass is 361 g/mol. The zero-order valence-corrected chi connectivity index (χ0v) is 14.1. The normalized spacial score (nSPS) is 10.4. The third kappa shape index (κ3) is 3.32. The van der Waals surface area contributed by atoms with E-state index in [9.17, 15) is 9.59 Å². The number of nitrogens with zero attached hydrogens (tertiary/aromatic N) is 1. The van der Waals surface area contributed by atoms with Crippen molar-refractivity contribution in [2.75, 3.05) is 12.5 Å².